The average molecular weight is 301 g/mol. The van der Waals surface area contributed by atoms with Crippen molar-refractivity contribution in [3.63, 3.8) is 0 Å². The summed E-state index contributed by atoms with van der Waals surface area (Å²) in [7, 11) is 1.78. The molecule has 0 unspecified atom stereocenters. The number of aliphatic imine (C=N–C) groups is 1. The van der Waals surface area contributed by atoms with Gasteiger partial charge in [-0.3, -0.25) is 9.98 Å². The van der Waals surface area contributed by atoms with Crippen LogP contribution in [0.1, 0.15) is 18.5 Å². The summed E-state index contributed by atoms with van der Waals surface area (Å²) in [5.74, 6) is 0.834. The van der Waals surface area contributed by atoms with Crippen LogP contribution in [0, 0.1) is 0 Å². The van der Waals surface area contributed by atoms with Gasteiger partial charge < -0.3 is 15.2 Å². The molecule has 0 fully saturated rings. The van der Waals surface area contributed by atoms with E-state index in [2.05, 4.69) is 30.8 Å². The molecule has 7 nitrogen and oxygen atoms in total. The molecule has 2 aromatic rings. The van der Waals surface area contributed by atoms with Gasteiger partial charge in [-0.1, -0.05) is 6.07 Å². The highest BCUT2D eigenvalue weighted by Gasteiger charge is 1.98. The van der Waals surface area contributed by atoms with Crippen LogP contribution >= 0.6 is 0 Å². The minimum Gasteiger partial charge on any atom is -0.356 e. The molecular weight excluding hydrogens is 278 g/mol. The molecule has 22 heavy (non-hydrogen) atoms. The molecule has 0 saturated carbocycles. The first-order valence-electron chi connectivity index (χ1n) is 7.55. The quantitative estimate of drug-likeness (QED) is 0.429. The first kappa shape index (κ1) is 15.9. The Labute approximate surface area is 130 Å². The van der Waals surface area contributed by atoms with Crippen LogP contribution in [0.15, 0.2) is 42.0 Å². The van der Waals surface area contributed by atoms with Gasteiger partial charge in [0.2, 0.25) is 0 Å². The summed E-state index contributed by atoms with van der Waals surface area (Å²) in [6.45, 7) is 2.66. The minimum atomic E-state index is 0.817. The summed E-state index contributed by atoms with van der Waals surface area (Å²) < 4.78 is 1.99. The van der Waals surface area contributed by atoms with Crippen molar-refractivity contribution in [2.45, 2.75) is 25.8 Å². The first-order valence-corrected chi connectivity index (χ1v) is 7.55. The summed E-state index contributed by atoms with van der Waals surface area (Å²) in [5, 5.41) is 14.2. The van der Waals surface area contributed by atoms with Gasteiger partial charge in [-0.2, -0.15) is 0 Å². The lowest BCUT2D eigenvalue weighted by molar-refractivity contribution is 0.597. The number of nitrogens with one attached hydrogen (secondary N) is 2. The van der Waals surface area contributed by atoms with Gasteiger partial charge in [0, 0.05) is 45.0 Å². The van der Waals surface area contributed by atoms with Gasteiger partial charge >= 0.3 is 0 Å². The van der Waals surface area contributed by atoms with Gasteiger partial charge in [0.25, 0.3) is 0 Å². The lowest BCUT2D eigenvalue weighted by atomic mass is 10.3. The summed E-state index contributed by atoms with van der Waals surface area (Å²) >= 11 is 0. The van der Waals surface area contributed by atoms with Crippen molar-refractivity contribution < 1.29 is 0 Å². The molecule has 0 amide bonds. The number of hydrogen-bond donors (Lipinski definition) is 2. The monoisotopic (exact) mass is 301 g/mol. The Morgan fingerprint density at radius 3 is 2.68 bits per heavy atom. The Morgan fingerprint density at radius 1 is 1.14 bits per heavy atom. The fourth-order valence-electron chi connectivity index (χ4n) is 2.04. The smallest absolute Gasteiger partial charge is 0.190 e. The van der Waals surface area contributed by atoms with E-state index >= 15 is 0 Å². The maximum absolute atomic E-state index is 4.30. The zero-order chi connectivity index (χ0) is 15.5. The van der Waals surface area contributed by atoms with Crippen LogP contribution in [0.3, 0.4) is 0 Å². The van der Waals surface area contributed by atoms with Gasteiger partial charge in [0.05, 0.1) is 0 Å². The standard InChI is InChI=1S/C15H23N7/c1-16-15(19-10-7-14-6-2-3-8-17-14)18-9-4-5-11-22-12-20-21-13-22/h2-3,6,8,12-13H,4-5,7,9-11H2,1H3,(H2,16,18,19). The van der Waals surface area contributed by atoms with Gasteiger partial charge in [-0.05, 0) is 25.0 Å². The average Bonchev–Trinajstić information content (AvgIpc) is 3.07. The van der Waals surface area contributed by atoms with Gasteiger partial charge in [-0.15, -0.1) is 10.2 Å². The summed E-state index contributed by atoms with van der Waals surface area (Å²) in [4.78, 5) is 8.52. The van der Waals surface area contributed by atoms with Crippen LogP contribution in [0.25, 0.3) is 0 Å². The highest BCUT2D eigenvalue weighted by molar-refractivity contribution is 5.79. The SMILES string of the molecule is CN=C(NCCCCn1cnnc1)NCCc1ccccn1. The lowest BCUT2D eigenvalue weighted by Gasteiger charge is -2.11. The molecule has 2 heterocycles. The second kappa shape index (κ2) is 9.49. The van der Waals surface area contributed by atoms with Crippen LogP contribution in [0.4, 0.5) is 0 Å². The van der Waals surface area contributed by atoms with E-state index in [0.717, 1.165) is 50.6 Å². The van der Waals surface area contributed by atoms with Crippen molar-refractivity contribution >= 4 is 5.96 Å². The second-order valence-corrected chi connectivity index (χ2v) is 4.90. The maximum atomic E-state index is 4.30. The van der Waals surface area contributed by atoms with Crippen molar-refractivity contribution in [2.24, 2.45) is 4.99 Å². The van der Waals surface area contributed by atoms with Crippen LogP contribution in [-0.2, 0) is 13.0 Å². The van der Waals surface area contributed by atoms with Gasteiger partial charge in [0.15, 0.2) is 5.96 Å². The van der Waals surface area contributed by atoms with Gasteiger partial charge in [-0.25, -0.2) is 0 Å². The van der Waals surface area contributed by atoms with Crippen molar-refractivity contribution in [3.05, 3.63) is 42.7 Å². The summed E-state index contributed by atoms with van der Waals surface area (Å²) in [5.41, 5.74) is 1.08. The third-order valence-corrected chi connectivity index (χ3v) is 3.23. The van der Waals surface area contributed by atoms with Crippen molar-refractivity contribution in [3.8, 4) is 0 Å². The molecule has 2 rings (SSSR count). The van der Waals surface area contributed by atoms with Crippen LogP contribution < -0.4 is 10.6 Å². The number of hydrogen-bond acceptors (Lipinski definition) is 4. The largest absolute Gasteiger partial charge is 0.356 e. The number of aromatic nitrogens is 4. The molecule has 7 heteroatoms. The molecular formula is C15H23N7. The Balaban J connectivity index is 1.55. The zero-order valence-electron chi connectivity index (χ0n) is 12.9. The number of nitrogens with zero attached hydrogens (tertiary/aromatic N) is 5. The third-order valence-electron chi connectivity index (χ3n) is 3.23. The molecule has 0 aliphatic carbocycles. The highest BCUT2D eigenvalue weighted by Crippen LogP contribution is 1.94. The molecule has 118 valence electrons. The highest BCUT2D eigenvalue weighted by atomic mass is 15.2. The van der Waals surface area contributed by atoms with Crippen LogP contribution in [0.2, 0.25) is 0 Å². The van der Waals surface area contributed by atoms with E-state index in [4.69, 9.17) is 0 Å². The fraction of sp³-hybridized carbons (Fsp3) is 0.467. The molecule has 0 bridgehead atoms. The van der Waals surface area contributed by atoms with E-state index < -0.39 is 0 Å². The van der Waals surface area contributed by atoms with Crippen molar-refractivity contribution in [1.29, 1.82) is 0 Å². The Bertz CT molecular complexity index is 536. The topological polar surface area (TPSA) is 80.0 Å². The predicted molar refractivity (Wildman–Crippen MR) is 86.6 cm³/mol. The second-order valence-electron chi connectivity index (χ2n) is 4.90. The predicted octanol–water partition coefficient (Wildman–Crippen LogP) is 0.861. The van der Waals surface area contributed by atoms with E-state index in [1.807, 2.05) is 29.0 Å². The Hall–Kier alpha value is -2.44. The molecule has 2 aromatic heterocycles. The van der Waals surface area contributed by atoms with E-state index in [1.54, 1.807) is 19.7 Å². The van der Waals surface area contributed by atoms with Crippen LogP contribution in [0.5, 0.6) is 0 Å². The number of aryl methyl sites for hydroxylation is 1. The Kier molecular flexibility index (Phi) is 6.87. The molecule has 0 spiro atoms. The summed E-state index contributed by atoms with van der Waals surface area (Å²) in [6.07, 6.45) is 8.33. The molecule has 0 aliphatic heterocycles. The first-order chi connectivity index (χ1) is 10.9. The zero-order valence-corrected chi connectivity index (χ0v) is 12.9. The number of guanidine groups is 1. The minimum absolute atomic E-state index is 0.817. The van der Waals surface area contributed by atoms with E-state index in [9.17, 15) is 0 Å². The van der Waals surface area contributed by atoms with E-state index in [-0.39, 0.29) is 0 Å². The van der Waals surface area contributed by atoms with Gasteiger partial charge in [0.1, 0.15) is 12.7 Å². The molecule has 0 radical (unpaired) electrons. The number of unbranched alkanes of at least 4 members (excludes halogenated alkanes) is 1. The molecule has 0 aromatic carbocycles. The van der Waals surface area contributed by atoms with E-state index in [0.29, 0.717) is 0 Å². The molecule has 0 aliphatic rings. The fourth-order valence-corrected chi connectivity index (χ4v) is 2.04. The number of rotatable bonds is 8. The van der Waals surface area contributed by atoms with Crippen LogP contribution in [-0.4, -0.2) is 45.8 Å². The lowest BCUT2D eigenvalue weighted by Crippen LogP contribution is -2.38. The molecule has 0 atom stereocenters. The van der Waals surface area contributed by atoms with Crippen molar-refractivity contribution in [2.75, 3.05) is 20.1 Å². The molecule has 2 N–H and O–H groups in total. The Morgan fingerprint density at radius 2 is 1.95 bits per heavy atom. The summed E-state index contributed by atoms with van der Waals surface area (Å²) in [6, 6.07) is 5.96. The molecule has 0 saturated heterocycles. The third kappa shape index (κ3) is 5.90. The normalized spacial score (nSPS) is 11.4. The number of pyridine rings is 1. The van der Waals surface area contributed by atoms with E-state index in [1.165, 1.54) is 0 Å². The van der Waals surface area contributed by atoms with Crippen molar-refractivity contribution in [1.82, 2.24) is 30.4 Å². The maximum Gasteiger partial charge on any atom is 0.190 e.